The Morgan fingerprint density at radius 3 is 2.88 bits per heavy atom. The number of rotatable bonds is 3. The molecule has 0 spiro atoms. The zero-order valence-corrected chi connectivity index (χ0v) is 9.10. The van der Waals surface area contributed by atoms with Gasteiger partial charge in [0.25, 0.3) is 5.43 Å². The summed E-state index contributed by atoms with van der Waals surface area (Å²) in [5, 5.41) is 10.9. The fraction of sp³-hybridized carbons (Fsp3) is 0.182. The van der Waals surface area contributed by atoms with Gasteiger partial charge in [-0.3, -0.25) is 14.9 Å². The van der Waals surface area contributed by atoms with E-state index in [1.54, 1.807) is 12.1 Å². The second kappa shape index (κ2) is 4.25. The van der Waals surface area contributed by atoms with Crippen LogP contribution in [-0.2, 0) is 0 Å². The number of hydrogen-bond donors (Lipinski definition) is 1. The van der Waals surface area contributed by atoms with Gasteiger partial charge in [0.05, 0.1) is 23.1 Å². The van der Waals surface area contributed by atoms with Crippen molar-refractivity contribution in [2.24, 2.45) is 0 Å². The van der Waals surface area contributed by atoms with Crippen LogP contribution in [0.3, 0.4) is 0 Å². The van der Waals surface area contributed by atoms with Crippen LogP contribution in [0.1, 0.15) is 6.92 Å². The van der Waals surface area contributed by atoms with Gasteiger partial charge in [-0.2, -0.15) is 0 Å². The summed E-state index contributed by atoms with van der Waals surface area (Å²) in [6.07, 6.45) is 1.10. The van der Waals surface area contributed by atoms with Crippen molar-refractivity contribution in [2.75, 3.05) is 6.61 Å². The Bertz CT molecular complexity index is 633. The lowest BCUT2D eigenvalue weighted by atomic mass is 10.2. The molecule has 0 bridgehead atoms. The quantitative estimate of drug-likeness (QED) is 0.648. The summed E-state index contributed by atoms with van der Waals surface area (Å²) in [4.78, 5) is 24.5. The Labute approximate surface area is 96.0 Å². The van der Waals surface area contributed by atoms with Crippen LogP contribution in [0, 0.1) is 10.1 Å². The van der Waals surface area contributed by atoms with Gasteiger partial charge in [-0.05, 0) is 25.1 Å². The minimum atomic E-state index is -0.703. The molecular formula is C11H10N2O4. The van der Waals surface area contributed by atoms with E-state index < -0.39 is 16.0 Å². The van der Waals surface area contributed by atoms with Crippen LogP contribution in [-0.4, -0.2) is 16.5 Å². The highest BCUT2D eigenvalue weighted by Gasteiger charge is 2.14. The zero-order chi connectivity index (χ0) is 12.4. The number of nitro groups is 1. The number of benzene rings is 1. The predicted octanol–water partition coefficient (Wildman–Crippen LogP) is 1.83. The molecule has 1 N–H and O–H groups in total. The van der Waals surface area contributed by atoms with Gasteiger partial charge < -0.3 is 9.72 Å². The average molecular weight is 234 g/mol. The van der Waals surface area contributed by atoms with Gasteiger partial charge in [0, 0.05) is 5.52 Å². The average Bonchev–Trinajstić information content (AvgIpc) is 2.30. The van der Waals surface area contributed by atoms with Gasteiger partial charge in [-0.25, -0.2) is 0 Å². The molecule has 2 rings (SSSR count). The topological polar surface area (TPSA) is 85.2 Å². The summed E-state index contributed by atoms with van der Waals surface area (Å²) in [6.45, 7) is 2.29. The molecule has 0 aliphatic rings. The molecule has 0 saturated heterocycles. The smallest absolute Gasteiger partial charge is 0.332 e. The molecule has 88 valence electrons. The number of nitrogens with zero attached hydrogens (tertiary/aromatic N) is 1. The van der Waals surface area contributed by atoms with Crippen LogP contribution in [0.2, 0.25) is 0 Å². The van der Waals surface area contributed by atoms with E-state index in [2.05, 4.69) is 4.98 Å². The summed E-state index contributed by atoms with van der Waals surface area (Å²) in [6, 6.07) is 4.86. The van der Waals surface area contributed by atoms with Crippen LogP contribution >= 0.6 is 0 Å². The highest BCUT2D eigenvalue weighted by atomic mass is 16.6. The zero-order valence-electron chi connectivity index (χ0n) is 9.10. The minimum Gasteiger partial charge on any atom is -0.494 e. The van der Waals surface area contributed by atoms with E-state index in [-0.39, 0.29) is 5.39 Å². The predicted molar refractivity (Wildman–Crippen MR) is 62.4 cm³/mol. The molecule has 0 fully saturated rings. The Kier molecular flexibility index (Phi) is 2.78. The van der Waals surface area contributed by atoms with Gasteiger partial charge in [0.1, 0.15) is 5.75 Å². The van der Waals surface area contributed by atoms with E-state index in [0.717, 1.165) is 6.20 Å². The van der Waals surface area contributed by atoms with Gasteiger partial charge >= 0.3 is 5.69 Å². The summed E-state index contributed by atoms with van der Waals surface area (Å²) in [7, 11) is 0. The van der Waals surface area contributed by atoms with Crippen molar-refractivity contribution in [1.82, 2.24) is 4.98 Å². The highest BCUT2D eigenvalue weighted by Crippen LogP contribution is 2.18. The van der Waals surface area contributed by atoms with E-state index in [0.29, 0.717) is 17.9 Å². The third kappa shape index (κ3) is 1.96. The number of aromatic nitrogens is 1. The van der Waals surface area contributed by atoms with Gasteiger partial charge in [0.2, 0.25) is 0 Å². The van der Waals surface area contributed by atoms with Crippen molar-refractivity contribution in [3.8, 4) is 5.75 Å². The molecule has 1 aromatic heterocycles. The second-order valence-corrected chi connectivity index (χ2v) is 3.40. The molecule has 6 heteroatoms. The number of pyridine rings is 1. The maximum atomic E-state index is 11.8. The highest BCUT2D eigenvalue weighted by molar-refractivity contribution is 5.81. The largest absolute Gasteiger partial charge is 0.494 e. The normalized spacial score (nSPS) is 10.4. The molecule has 0 atom stereocenters. The lowest BCUT2D eigenvalue weighted by Crippen LogP contribution is -2.09. The number of fused-ring (bicyclic) bond motifs is 1. The molecule has 0 aliphatic heterocycles. The third-order valence-electron chi connectivity index (χ3n) is 2.34. The summed E-state index contributed by atoms with van der Waals surface area (Å²) >= 11 is 0. The first-order chi connectivity index (χ1) is 8.13. The maximum absolute atomic E-state index is 11.8. The second-order valence-electron chi connectivity index (χ2n) is 3.40. The molecule has 0 radical (unpaired) electrons. The molecule has 0 aliphatic carbocycles. The van der Waals surface area contributed by atoms with E-state index in [9.17, 15) is 14.9 Å². The number of ether oxygens (including phenoxy) is 1. The number of hydrogen-bond acceptors (Lipinski definition) is 4. The van der Waals surface area contributed by atoms with Crippen molar-refractivity contribution in [3.63, 3.8) is 0 Å². The van der Waals surface area contributed by atoms with Crippen molar-refractivity contribution in [1.29, 1.82) is 0 Å². The monoisotopic (exact) mass is 234 g/mol. The first-order valence-corrected chi connectivity index (χ1v) is 5.06. The Balaban J connectivity index is 2.69. The van der Waals surface area contributed by atoms with E-state index in [1.165, 1.54) is 6.07 Å². The lowest BCUT2D eigenvalue weighted by Gasteiger charge is -2.03. The number of aromatic amines is 1. The summed E-state index contributed by atoms with van der Waals surface area (Å²) in [5.41, 5.74) is -0.527. The number of H-pyrrole nitrogens is 1. The van der Waals surface area contributed by atoms with Crippen LogP contribution in [0.25, 0.3) is 10.9 Å². The molecular weight excluding hydrogens is 224 g/mol. The van der Waals surface area contributed by atoms with Gasteiger partial charge in [0.15, 0.2) is 0 Å². The van der Waals surface area contributed by atoms with Crippen molar-refractivity contribution < 1.29 is 9.66 Å². The van der Waals surface area contributed by atoms with Crippen LogP contribution in [0.4, 0.5) is 5.69 Å². The van der Waals surface area contributed by atoms with Crippen LogP contribution < -0.4 is 10.2 Å². The fourth-order valence-corrected chi connectivity index (χ4v) is 1.58. The molecule has 1 aromatic carbocycles. The molecule has 0 amide bonds. The molecule has 2 aromatic rings. The van der Waals surface area contributed by atoms with Crippen molar-refractivity contribution in [3.05, 3.63) is 44.7 Å². The minimum absolute atomic E-state index is 0.255. The SMILES string of the molecule is CCOc1ccc2[nH]cc([N+](=O)[O-])c(=O)c2c1. The number of nitrogens with one attached hydrogen (secondary N) is 1. The summed E-state index contributed by atoms with van der Waals surface area (Å²) < 4.78 is 5.25. The lowest BCUT2D eigenvalue weighted by molar-refractivity contribution is -0.386. The van der Waals surface area contributed by atoms with Crippen LogP contribution in [0.15, 0.2) is 29.2 Å². The molecule has 17 heavy (non-hydrogen) atoms. The molecule has 0 saturated carbocycles. The van der Waals surface area contributed by atoms with E-state index in [4.69, 9.17) is 4.74 Å². The van der Waals surface area contributed by atoms with Crippen molar-refractivity contribution in [2.45, 2.75) is 6.92 Å². The first-order valence-electron chi connectivity index (χ1n) is 5.06. The molecule has 6 nitrogen and oxygen atoms in total. The maximum Gasteiger partial charge on any atom is 0.332 e. The van der Waals surface area contributed by atoms with Gasteiger partial charge in [-0.1, -0.05) is 0 Å². The van der Waals surface area contributed by atoms with E-state index in [1.807, 2.05) is 6.92 Å². The van der Waals surface area contributed by atoms with E-state index >= 15 is 0 Å². The molecule has 0 unspecified atom stereocenters. The Morgan fingerprint density at radius 2 is 2.24 bits per heavy atom. The standard InChI is InChI=1S/C11H10N2O4/c1-2-17-7-3-4-9-8(5-7)11(14)10(6-12-9)13(15)16/h3-6H,2H2,1H3,(H,12,14). The third-order valence-corrected chi connectivity index (χ3v) is 2.34. The van der Waals surface area contributed by atoms with Crippen molar-refractivity contribution >= 4 is 16.6 Å². The first kappa shape index (κ1) is 11.1. The summed E-state index contributed by atoms with van der Waals surface area (Å²) in [5.74, 6) is 0.519. The van der Waals surface area contributed by atoms with Crippen LogP contribution in [0.5, 0.6) is 5.75 Å². The molecule has 1 heterocycles. The fourth-order valence-electron chi connectivity index (χ4n) is 1.58. The Morgan fingerprint density at radius 1 is 1.47 bits per heavy atom. The van der Waals surface area contributed by atoms with Gasteiger partial charge in [-0.15, -0.1) is 0 Å². The Hall–Kier alpha value is -2.37.